The Kier molecular flexibility index (Phi) is 5.13. The van der Waals surface area contributed by atoms with Crippen LogP contribution in [-0.4, -0.2) is 56.5 Å². The maximum Gasteiger partial charge on any atom is 0.225 e. The summed E-state index contributed by atoms with van der Waals surface area (Å²) in [5.74, 6) is -0.0968. The monoisotopic (exact) mass is 381 g/mol. The summed E-state index contributed by atoms with van der Waals surface area (Å²) in [5, 5.41) is 21.7. The third kappa shape index (κ3) is 4.12. The first-order valence-electron chi connectivity index (χ1n) is 8.23. The first-order valence-corrected chi connectivity index (χ1v) is 10.1. The maximum absolute atomic E-state index is 13.9. The molecule has 10 heteroatoms. The van der Waals surface area contributed by atoms with Crippen LogP contribution in [0.25, 0.3) is 0 Å². The lowest BCUT2D eigenvalue weighted by Crippen LogP contribution is -2.45. The largest absolute Gasteiger partial charge is 0.356 e. The lowest BCUT2D eigenvalue weighted by atomic mass is 9.96. The summed E-state index contributed by atoms with van der Waals surface area (Å²) in [4.78, 5) is 6.16. The van der Waals surface area contributed by atoms with Gasteiger partial charge in [-0.2, -0.15) is 5.26 Å². The van der Waals surface area contributed by atoms with Crippen LogP contribution in [0.3, 0.4) is 0 Å². The molecule has 26 heavy (non-hydrogen) atoms. The molecule has 0 saturated carbocycles. The van der Waals surface area contributed by atoms with Crippen LogP contribution in [0, 0.1) is 23.1 Å². The fourth-order valence-electron chi connectivity index (χ4n) is 3.27. The Labute approximate surface area is 151 Å². The lowest BCUT2D eigenvalue weighted by molar-refractivity contribution is 0.204. The van der Waals surface area contributed by atoms with E-state index in [0.29, 0.717) is 36.7 Å². The Morgan fingerprint density at radius 1 is 1.54 bits per heavy atom. The highest BCUT2D eigenvalue weighted by Gasteiger charge is 2.29. The van der Waals surface area contributed by atoms with Crippen LogP contribution in [0.4, 0.5) is 10.1 Å². The zero-order valence-electron chi connectivity index (χ0n) is 14.2. The number of fused-ring (bicyclic) bond motifs is 1. The molecule has 0 bridgehead atoms. The number of piperidine rings is 1. The standard InChI is InChI=1S/C16H20FN5O3S/c1-26(24,25)19-8-10-3-2-4-22(9-10)15-12-5-11(7-18)13(17)6-14(12)20-16(23)21-15/h5-6,10,16,19-20,23H,2-4,8-9H2,1H3. The second kappa shape index (κ2) is 7.19. The van der Waals surface area contributed by atoms with Gasteiger partial charge in [0.05, 0.1) is 17.5 Å². The molecule has 0 amide bonds. The third-order valence-electron chi connectivity index (χ3n) is 4.45. The fraction of sp³-hybridized carbons (Fsp3) is 0.500. The molecule has 1 saturated heterocycles. The topological polar surface area (TPSA) is 118 Å². The summed E-state index contributed by atoms with van der Waals surface area (Å²) < 4.78 is 39.0. The molecule has 0 radical (unpaired) electrons. The van der Waals surface area contributed by atoms with Crippen LogP contribution < -0.4 is 10.0 Å². The van der Waals surface area contributed by atoms with Crippen molar-refractivity contribution in [1.29, 1.82) is 5.26 Å². The molecule has 3 rings (SSSR count). The Bertz CT molecular complexity index is 881. The quantitative estimate of drug-likeness (QED) is 0.698. The number of benzene rings is 1. The number of aliphatic hydroxyl groups excluding tert-OH is 1. The van der Waals surface area contributed by atoms with Crippen molar-refractivity contribution in [1.82, 2.24) is 9.62 Å². The number of anilines is 1. The molecule has 2 aliphatic heterocycles. The number of halogens is 1. The molecule has 140 valence electrons. The van der Waals surface area contributed by atoms with E-state index in [1.165, 1.54) is 12.1 Å². The minimum Gasteiger partial charge on any atom is -0.356 e. The summed E-state index contributed by atoms with van der Waals surface area (Å²) in [6, 6.07) is 4.41. The molecule has 0 spiro atoms. The first kappa shape index (κ1) is 18.6. The normalized spacial score (nSPS) is 22.8. The van der Waals surface area contributed by atoms with Gasteiger partial charge >= 0.3 is 0 Å². The van der Waals surface area contributed by atoms with Gasteiger partial charge in [-0.05, 0) is 30.9 Å². The molecule has 1 fully saturated rings. The van der Waals surface area contributed by atoms with Crippen LogP contribution in [-0.2, 0) is 10.0 Å². The van der Waals surface area contributed by atoms with E-state index in [2.05, 4.69) is 15.0 Å². The van der Waals surface area contributed by atoms with E-state index in [9.17, 15) is 17.9 Å². The predicted octanol–water partition coefficient (Wildman–Crippen LogP) is 0.407. The second-order valence-electron chi connectivity index (χ2n) is 6.54. The number of nitriles is 1. The van der Waals surface area contributed by atoms with E-state index < -0.39 is 22.2 Å². The third-order valence-corrected chi connectivity index (χ3v) is 5.14. The molecule has 2 atom stereocenters. The number of sulfonamides is 1. The van der Waals surface area contributed by atoms with E-state index >= 15 is 0 Å². The van der Waals surface area contributed by atoms with E-state index in [-0.39, 0.29) is 11.5 Å². The van der Waals surface area contributed by atoms with Gasteiger partial charge in [-0.25, -0.2) is 22.5 Å². The van der Waals surface area contributed by atoms with Gasteiger partial charge in [0.15, 0.2) is 0 Å². The predicted molar refractivity (Wildman–Crippen MR) is 94.4 cm³/mol. The Morgan fingerprint density at radius 3 is 3.00 bits per heavy atom. The zero-order chi connectivity index (χ0) is 18.9. The van der Waals surface area contributed by atoms with Crippen LogP contribution in [0.2, 0.25) is 0 Å². The summed E-state index contributed by atoms with van der Waals surface area (Å²) in [6.07, 6.45) is 1.61. The number of likely N-dealkylation sites (tertiary alicyclic amines) is 1. The molecule has 3 N–H and O–H groups in total. The number of nitrogens with zero attached hydrogens (tertiary/aromatic N) is 3. The SMILES string of the molecule is CS(=O)(=O)NCC1CCCN(C2=NC(O)Nc3cc(F)c(C#N)cc32)C1. The number of aliphatic imine (C=N–C) groups is 1. The van der Waals surface area contributed by atoms with Gasteiger partial charge in [0.1, 0.15) is 17.7 Å². The number of hydrogen-bond acceptors (Lipinski definition) is 7. The zero-order valence-corrected chi connectivity index (χ0v) is 15.1. The van der Waals surface area contributed by atoms with E-state index in [0.717, 1.165) is 19.1 Å². The Morgan fingerprint density at radius 2 is 2.31 bits per heavy atom. The number of nitrogens with one attached hydrogen (secondary N) is 2. The summed E-state index contributed by atoms with van der Waals surface area (Å²) >= 11 is 0. The van der Waals surface area contributed by atoms with Crippen molar-refractivity contribution < 1.29 is 17.9 Å². The van der Waals surface area contributed by atoms with Crippen LogP contribution in [0.1, 0.15) is 24.0 Å². The number of aliphatic hydroxyl groups is 1. The molecule has 8 nitrogen and oxygen atoms in total. The van der Waals surface area contributed by atoms with E-state index in [1.54, 1.807) is 0 Å². The van der Waals surface area contributed by atoms with Crippen molar-refractivity contribution in [2.45, 2.75) is 19.2 Å². The number of hydrogen-bond donors (Lipinski definition) is 3. The van der Waals surface area contributed by atoms with Crippen molar-refractivity contribution in [2.24, 2.45) is 10.9 Å². The Balaban J connectivity index is 1.85. The van der Waals surface area contributed by atoms with Gasteiger partial charge in [-0.3, -0.25) is 0 Å². The summed E-state index contributed by atoms with van der Waals surface area (Å²) in [6.45, 7) is 1.55. The number of rotatable bonds is 3. The average Bonchev–Trinajstić information content (AvgIpc) is 2.58. The fourth-order valence-corrected chi connectivity index (χ4v) is 3.80. The van der Waals surface area contributed by atoms with Crippen molar-refractivity contribution >= 4 is 21.5 Å². The van der Waals surface area contributed by atoms with Gasteiger partial charge in [-0.1, -0.05) is 0 Å². The highest BCUT2D eigenvalue weighted by atomic mass is 32.2. The molecule has 2 aliphatic rings. The van der Waals surface area contributed by atoms with E-state index in [1.807, 2.05) is 11.0 Å². The molecular formula is C16H20FN5O3S. The minimum absolute atomic E-state index is 0.0903. The highest BCUT2D eigenvalue weighted by molar-refractivity contribution is 7.88. The molecule has 1 aromatic rings. The van der Waals surface area contributed by atoms with Crippen molar-refractivity contribution in [2.75, 3.05) is 31.2 Å². The van der Waals surface area contributed by atoms with Crippen LogP contribution in [0.5, 0.6) is 0 Å². The molecule has 0 aromatic heterocycles. The van der Waals surface area contributed by atoms with Gasteiger partial charge < -0.3 is 15.3 Å². The summed E-state index contributed by atoms with van der Waals surface area (Å²) in [5.41, 5.74) is 0.822. The maximum atomic E-state index is 13.9. The molecule has 2 unspecified atom stereocenters. The van der Waals surface area contributed by atoms with E-state index in [4.69, 9.17) is 5.26 Å². The lowest BCUT2D eigenvalue weighted by Gasteiger charge is -2.37. The number of amidine groups is 1. The first-order chi connectivity index (χ1) is 12.3. The van der Waals surface area contributed by atoms with Gasteiger partial charge in [-0.15, -0.1) is 0 Å². The highest BCUT2D eigenvalue weighted by Crippen LogP contribution is 2.28. The van der Waals surface area contributed by atoms with Crippen molar-refractivity contribution in [3.05, 3.63) is 29.1 Å². The minimum atomic E-state index is -3.26. The van der Waals surface area contributed by atoms with Gasteiger partial charge in [0.25, 0.3) is 0 Å². The van der Waals surface area contributed by atoms with Crippen LogP contribution >= 0.6 is 0 Å². The van der Waals surface area contributed by atoms with Crippen molar-refractivity contribution in [3.8, 4) is 6.07 Å². The molecular weight excluding hydrogens is 361 g/mol. The van der Waals surface area contributed by atoms with Crippen molar-refractivity contribution in [3.63, 3.8) is 0 Å². The average molecular weight is 381 g/mol. The van der Waals surface area contributed by atoms with Gasteiger partial charge in [0.2, 0.25) is 16.4 Å². The second-order valence-corrected chi connectivity index (χ2v) is 8.37. The smallest absolute Gasteiger partial charge is 0.225 e. The van der Waals surface area contributed by atoms with Crippen LogP contribution in [0.15, 0.2) is 17.1 Å². The Hall–Kier alpha value is -2.22. The molecule has 0 aliphatic carbocycles. The summed E-state index contributed by atoms with van der Waals surface area (Å²) in [7, 11) is -3.26. The molecule has 1 aromatic carbocycles. The molecule has 2 heterocycles. The van der Waals surface area contributed by atoms with Gasteiger partial charge in [0, 0.05) is 25.2 Å².